The van der Waals surface area contributed by atoms with Crippen LogP contribution in [-0.2, 0) is 14.8 Å². The molecule has 5 heteroatoms. The number of rotatable bonds is 4. The fourth-order valence-corrected chi connectivity index (χ4v) is 3.12. The van der Waals surface area contributed by atoms with E-state index in [4.69, 9.17) is 0 Å². The third-order valence-electron chi connectivity index (χ3n) is 2.34. The molecule has 1 aliphatic rings. The van der Waals surface area contributed by atoms with Gasteiger partial charge in [0.25, 0.3) is 0 Å². The molecule has 0 spiro atoms. The molecule has 1 rings (SSSR count). The Morgan fingerprint density at radius 3 is 2.71 bits per heavy atom. The minimum Gasteiger partial charge on any atom is -0.302 e. The first kappa shape index (κ1) is 11.4. The van der Waals surface area contributed by atoms with Gasteiger partial charge in [0.15, 0.2) is 0 Å². The molecule has 0 aromatic heterocycles. The van der Waals surface area contributed by atoms with Crippen molar-refractivity contribution in [1.29, 1.82) is 0 Å². The van der Waals surface area contributed by atoms with Gasteiger partial charge in [-0.1, -0.05) is 12.5 Å². The van der Waals surface area contributed by atoms with Crippen LogP contribution in [0.25, 0.3) is 0 Å². The summed E-state index contributed by atoms with van der Waals surface area (Å²) in [6.45, 7) is 3.86. The van der Waals surface area contributed by atoms with Crippen molar-refractivity contribution in [3.05, 3.63) is 12.7 Å². The monoisotopic (exact) mass is 217 g/mol. The first-order chi connectivity index (χ1) is 6.61. The van der Waals surface area contributed by atoms with E-state index in [-0.39, 0.29) is 5.75 Å². The summed E-state index contributed by atoms with van der Waals surface area (Å²) in [6.07, 6.45) is 4.47. The smallest absolute Gasteiger partial charge is 0.218 e. The van der Waals surface area contributed by atoms with Crippen LogP contribution in [0.1, 0.15) is 19.3 Å². The quantitative estimate of drug-likeness (QED) is 0.510. The summed E-state index contributed by atoms with van der Waals surface area (Å²) in [5.41, 5.74) is 0. The van der Waals surface area contributed by atoms with E-state index in [0.29, 0.717) is 13.0 Å². The van der Waals surface area contributed by atoms with E-state index in [9.17, 15) is 13.2 Å². The maximum atomic E-state index is 11.7. The molecular weight excluding hydrogens is 202 g/mol. The van der Waals surface area contributed by atoms with Crippen LogP contribution in [0.3, 0.4) is 0 Å². The Labute approximate surface area is 84.6 Å². The van der Waals surface area contributed by atoms with Crippen molar-refractivity contribution in [2.75, 3.05) is 12.3 Å². The van der Waals surface area contributed by atoms with Crippen molar-refractivity contribution in [1.82, 2.24) is 4.31 Å². The van der Waals surface area contributed by atoms with E-state index in [0.717, 1.165) is 19.1 Å². The Morgan fingerprint density at radius 1 is 1.43 bits per heavy atom. The highest BCUT2D eigenvalue weighted by Crippen LogP contribution is 2.19. The first-order valence-electron chi connectivity index (χ1n) is 4.67. The summed E-state index contributed by atoms with van der Waals surface area (Å²) >= 11 is 0. The summed E-state index contributed by atoms with van der Waals surface area (Å²) < 4.78 is 24.6. The third-order valence-corrected chi connectivity index (χ3v) is 4.17. The lowest BCUT2D eigenvalue weighted by Crippen LogP contribution is -2.45. The van der Waals surface area contributed by atoms with Gasteiger partial charge >= 0.3 is 0 Å². The largest absolute Gasteiger partial charge is 0.302 e. The van der Waals surface area contributed by atoms with E-state index in [1.54, 1.807) is 0 Å². The van der Waals surface area contributed by atoms with Crippen molar-refractivity contribution in [3.63, 3.8) is 0 Å². The second-order valence-electron chi connectivity index (χ2n) is 3.38. The third kappa shape index (κ3) is 2.42. The van der Waals surface area contributed by atoms with Gasteiger partial charge < -0.3 is 4.79 Å². The molecule has 14 heavy (non-hydrogen) atoms. The number of carbonyl (C=O) groups is 1. The molecule has 80 valence electrons. The van der Waals surface area contributed by atoms with Gasteiger partial charge in [-0.25, -0.2) is 8.42 Å². The molecule has 0 aromatic rings. The highest BCUT2D eigenvalue weighted by molar-refractivity contribution is 7.89. The molecule has 1 atom stereocenters. The van der Waals surface area contributed by atoms with Gasteiger partial charge in [0.1, 0.15) is 6.29 Å². The predicted molar refractivity (Wildman–Crippen MR) is 54.4 cm³/mol. The molecule has 0 bridgehead atoms. The van der Waals surface area contributed by atoms with Crippen molar-refractivity contribution >= 4 is 16.3 Å². The average molecular weight is 217 g/mol. The Balaban J connectivity index is 2.82. The van der Waals surface area contributed by atoms with E-state index < -0.39 is 16.1 Å². The predicted octanol–water partition coefficient (Wildman–Crippen LogP) is 0.556. The van der Waals surface area contributed by atoms with Crippen LogP contribution in [0, 0.1) is 0 Å². The summed E-state index contributed by atoms with van der Waals surface area (Å²) in [7, 11) is -3.31. The molecule has 0 amide bonds. The molecule has 1 unspecified atom stereocenters. The van der Waals surface area contributed by atoms with Crippen LogP contribution in [0.15, 0.2) is 12.7 Å². The zero-order valence-corrected chi connectivity index (χ0v) is 8.87. The van der Waals surface area contributed by atoms with Gasteiger partial charge in [-0.05, 0) is 12.8 Å². The Kier molecular flexibility index (Phi) is 3.83. The van der Waals surface area contributed by atoms with Crippen LogP contribution >= 0.6 is 0 Å². The highest BCUT2D eigenvalue weighted by atomic mass is 32.2. The second-order valence-corrected chi connectivity index (χ2v) is 5.34. The van der Waals surface area contributed by atoms with E-state index in [2.05, 4.69) is 6.58 Å². The molecule has 1 aliphatic heterocycles. The normalized spacial score (nSPS) is 24.4. The van der Waals surface area contributed by atoms with E-state index in [1.165, 1.54) is 10.4 Å². The molecular formula is C9H15NO3S. The zero-order valence-electron chi connectivity index (χ0n) is 8.05. The second kappa shape index (κ2) is 4.70. The SMILES string of the molecule is C=CCS(=O)(=O)N1CCCCC1C=O. The standard InChI is InChI=1S/C9H15NO3S/c1-2-7-14(12,13)10-6-4-3-5-9(10)8-11/h2,8-9H,1,3-7H2. The number of nitrogens with zero attached hydrogens (tertiary/aromatic N) is 1. The van der Waals surface area contributed by atoms with Crippen LogP contribution in [0.2, 0.25) is 0 Å². The molecule has 1 fully saturated rings. The van der Waals surface area contributed by atoms with Crippen LogP contribution in [0.5, 0.6) is 0 Å². The van der Waals surface area contributed by atoms with Crippen LogP contribution < -0.4 is 0 Å². The van der Waals surface area contributed by atoms with E-state index >= 15 is 0 Å². The Bertz CT molecular complexity index is 310. The number of hydrogen-bond donors (Lipinski definition) is 0. The van der Waals surface area contributed by atoms with Crippen molar-refractivity contribution < 1.29 is 13.2 Å². The Morgan fingerprint density at radius 2 is 2.14 bits per heavy atom. The minimum absolute atomic E-state index is 0.0860. The number of hydrogen-bond acceptors (Lipinski definition) is 3. The average Bonchev–Trinajstić information content (AvgIpc) is 2.18. The molecule has 0 saturated carbocycles. The molecule has 0 radical (unpaired) electrons. The molecule has 1 saturated heterocycles. The van der Waals surface area contributed by atoms with Crippen molar-refractivity contribution in [2.45, 2.75) is 25.3 Å². The number of piperidine rings is 1. The molecule has 1 heterocycles. The molecule has 0 aromatic carbocycles. The summed E-state index contributed by atoms with van der Waals surface area (Å²) in [6, 6.07) is -0.464. The number of carbonyl (C=O) groups excluding carboxylic acids is 1. The van der Waals surface area contributed by atoms with Crippen LogP contribution in [0.4, 0.5) is 0 Å². The topological polar surface area (TPSA) is 54.5 Å². The summed E-state index contributed by atoms with van der Waals surface area (Å²) in [5.74, 6) is -0.0860. The fraction of sp³-hybridized carbons (Fsp3) is 0.667. The van der Waals surface area contributed by atoms with E-state index in [1.807, 2.05) is 0 Å². The van der Waals surface area contributed by atoms with Gasteiger partial charge in [-0.2, -0.15) is 4.31 Å². The first-order valence-corrected chi connectivity index (χ1v) is 6.28. The van der Waals surface area contributed by atoms with Gasteiger partial charge in [0.2, 0.25) is 10.0 Å². The van der Waals surface area contributed by atoms with Gasteiger partial charge in [-0.15, -0.1) is 6.58 Å². The fourth-order valence-electron chi connectivity index (χ4n) is 1.66. The van der Waals surface area contributed by atoms with Gasteiger partial charge in [0.05, 0.1) is 11.8 Å². The number of aldehydes is 1. The van der Waals surface area contributed by atoms with Gasteiger partial charge in [-0.3, -0.25) is 0 Å². The lowest BCUT2D eigenvalue weighted by Gasteiger charge is -2.30. The summed E-state index contributed by atoms with van der Waals surface area (Å²) in [4.78, 5) is 10.7. The minimum atomic E-state index is -3.31. The lowest BCUT2D eigenvalue weighted by atomic mass is 10.1. The molecule has 0 N–H and O–H groups in total. The van der Waals surface area contributed by atoms with Gasteiger partial charge in [0, 0.05) is 6.54 Å². The molecule has 0 aliphatic carbocycles. The summed E-state index contributed by atoms with van der Waals surface area (Å²) in [5, 5.41) is 0. The van der Waals surface area contributed by atoms with Crippen molar-refractivity contribution in [3.8, 4) is 0 Å². The maximum Gasteiger partial charge on any atom is 0.218 e. The number of sulfonamides is 1. The van der Waals surface area contributed by atoms with Crippen LogP contribution in [-0.4, -0.2) is 37.3 Å². The van der Waals surface area contributed by atoms with Crippen molar-refractivity contribution in [2.24, 2.45) is 0 Å². The molecule has 4 nitrogen and oxygen atoms in total. The maximum absolute atomic E-state index is 11.7. The lowest BCUT2D eigenvalue weighted by molar-refractivity contribution is -0.111. The highest BCUT2D eigenvalue weighted by Gasteiger charge is 2.30. The zero-order chi connectivity index (χ0) is 10.6. The Hall–Kier alpha value is -0.680.